The maximum atomic E-state index is 11.8. The van der Waals surface area contributed by atoms with Gasteiger partial charge in [0.05, 0.1) is 0 Å². The van der Waals surface area contributed by atoms with Crippen LogP contribution in [0.25, 0.3) is 0 Å². The third kappa shape index (κ3) is 5.17. The predicted octanol–water partition coefficient (Wildman–Crippen LogP) is 2.86. The van der Waals surface area contributed by atoms with Gasteiger partial charge in [-0.2, -0.15) is 0 Å². The van der Waals surface area contributed by atoms with Crippen LogP contribution in [0.1, 0.15) is 37.0 Å². The molecule has 1 aromatic rings. The van der Waals surface area contributed by atoms with Crippen LogP contribution in [0.2, 0.25) is 0 Å². The molecular formula is C15H23N3OS. The van der Waals surface area contributed by atoms with Gasteiger partial charge in [0, 0.05) is 31.4 Å². The van der Waals surface area contributed by atoms with E-state index in [0.717, 1.165) is 18.5 Å². The minimum absolute atomic E-state index is 0.00572. The van der Waals surface area contributed by atoms with Crippen LogP contribution in [0, 0.1) is 0 Å². The molecule has 2 N–H and O–H groups in total. The molecule has 20 heavy (non-hydrogen) atoms. The van der Waals surface area contributed by atoms with E-state index in [1.165, 1.54) is 0 Å². The molecule has 1 atom stereocenters. The molecule has 1 aromatic carbocycles. The lowest BCUT2D eigenvalue weighted by Crippen LogP contribution is -2.35. The first-order valence-electron chi connectivity index (χ1n) is 6.83. The van der Waals surface area contributed by atoms with Gasteiger partial charge in [0.15, 0.2) is 5.11 Å². The van der Waals surface area contributed by atoms with Gasteiger partial charge in [-0.3, -0.25) is 4.79 Å². The molecule has 1 amide bonds. The first-order valence-corrected chi connectivity index (χ1v) is 7.24. The summed E-state index contributed by atoms with van der Waals surface area (Å²) in [6.07, 6.45) is 2.20. The lowest BCUT2D eigenvalue weighted by atomic mass is 10.2. The van der Waals surface area contributed by atoms with Crippen molar-refractivity contribution in [2.24, 2.45) is 0 Å². The van der Waals surface area contributed by atoms with Gasteiger partial charge in [-0.1, -0.05) is 13.3 Å². The van der Waals surface area contributed by atoms with E-state index in [0.29, 0.717) is 16.7 Å². The fourth-order valence-electron chi connectivity index (χ4n) is 1.85. The molecule has 0 aliphatic rings. The van der Waals surface area contributed by atoms with Crippen LogP contribution in [0.4, 0.5) is 5.69 Å². The molecule has 1 rings (SSSR count). The van der Waals surface area contributed by atoms with Gasteiger partial charge in [-0.25, -0.2) is 0 Å². The third-order valence-electron chi connectivity index (χ3n) is 2.90. The number of anilines is 1. The lowest BCUT2D eigenvalue weighted by Gasteiger charge is -2.16. The number of rotatable bonds is 5. The highest BCUT2D eigenvalue weighted by Crippen LogP contribution is 2.11. The summed E-state index contributed by atoms with van der Waals surface area (Å²) < 4.78 is 0. The highest BCUT2D eigenvalue weighted by atomic mass is 32.1. The molecular weight excluding hydrogens is 270 g/mol. The Balaban J connectivity index is 2.57. The van der Waals surface area contributed by atoms with Crippen molar-refractivity contribution in [2.45, 2.75) is 32.7 Å². The Kier molecular flexibility index (Phi) is 6.45. The van der Waals surface area contributed by atoms with Gasteiger partial charge < -0.3 is 15.5 Å². The molecule has 0 spiro atoms. The Hall–Kier alpha value is -1.62. The van der Waals surface area contributed by atoms with E-state index in [2.05, 4.69) is 24.5 Å². The first-order chi connectivity index (χ1) is 9.43. The van der Waals surface area contributed by atoms with Crippen LogP contribution in [-0.4, -0.2) is 36.1 Å². The molecule has 0 bridgehead atoms. The second-order valence-electron chi connectivity index (χ2n) is 5.07. The molecule has 0 saturated carbocycles. The number of carbonyl (C=O) groups excluding carboxylic acids is 1. The van der Waals surface area contributed by atoms with Crippen molar-refractivity contribution in [3.8, 4) is 0 Å². The van der Waals surface area contributed by atoms with Crippen molar-refractivity contribution in [3.05, 3.63) is 29.8 Å². The maximum absolute atomic E-state index is 11.8. The summed E-state index contributed by atoms with van der Waals surface area (Å²) in [7, 11) is 3.48. The monoisotopic (exact) mass is 293 g/mol. The zero-order valence-electron chi connectivity index (χ0n) is 12.6. The van der Waals surface area contributed by atoms with Crippen LogP contribution in [0.15, 0.2) is 24.3 Å². The Bertz CT molecular complexity index is 457. The number of hydrogen-bond donors (Lipinski definition) is 2. The van der Waals surface area contributed by atoms with Gasteiger partial charge in [0.2, 0.25) is 0 Å². The summed E-state index contributed by atoms with van der Waals surface area (Å²) in [5, 5.41) is 6.96. The van der Waals surface area contributed by atoms with Gasteiger partial charge in [-0.15, -0.1) is 0 Å². The van der Waals surface area contributed by atoms with Gasteiger partial charge in [0.25, 0.3) is 5.91 Å². The summed E-state index contributed by atoms with van der Waals surface area (Å²) >= 11 is 5.26. The van der Waals surface area contributed by atoms with E-state index >= 15 is 0 Å². The minimum Gasteiger partial charge on any atom is -0.360 e. The molecule has 0 aliphatic heterocycles. The largest absolute Gasteiger partial charge is 0.360 e. The third-order valence-corrected chi connectivity index (χ3v) is 3.11. The van der Waals surface area contributed by atoms with Crippen LogP contribution in [0.5, 0.6) is 0 Å². The maximum Gasteiger partial charge on any atom is 0.253 e. The Labute approximate surface area is 126 Å². The Morgan fingerprint density at radius 1 is 1.30 bits per heavy atom. The molecule has 0 aliphatic carbocycles. The van der Waals surface area contributed by atoms with Crippen LogP contribution in [0.3, 0.4) is 0 Å². The smallest absolute Gasteiger partial charge is 0.253 e. The van der Waals surface area contributed by atoms with Crippen molar-refractivity contribution in [1.82, 2.24) is 10.2 Å². The van der Waals surface area contributed by atoms with Gasteiger partial charge in [-0.05, 0) is 49.8 Å². The quantitative estimate of drug-likeness (QED) is 0.819. The molecule has 0 radical (unpaired) electrons. The summed E-state index contributed by atoms with van der Waals surface area (Å²) in [6.45, 7) is 4.26. The normalized spacial score (nSPS) is 11.6. The molecule has 0 saturated heterocycles. The van der Waals surface area contributed by atoms with Crippen molar-refractivity contribution >= 4 is 28.9 Å². The number of carbonyl (C=O) groups is 1. The average Bonchev–Trinajstić information content (AvgIpc) is 2.38. The topological polar surface area (TPSA) is 44.4 Å². The van der Waals surface area contributed by atoms with E-state index in [9.17, 15) is 4.79 Å². The number of hydrogen-bond acceptors (Lipinski definition) is 2. The van der Waals surface area contributed by atoms with Crippen molar-refractivity contribution in [2.75, 3.05) is 19.4 Å². The van der Waals surface area contributed by atoms with E-state index in [1.54, 1.807) is 31.1 Å². The predicted molar refractivity (Wildman–Crippen MR) is 88.2 cm³/mol. The highest BCUT2D eigenvalue weighted by molar-refractivity contribution is 7.80. The van der Waals surface area contributed by atoms with Crippen LogP contribution < -0.4 is 10.6 Å². The fraction of sp³-hybridized carbons (Fsp3) is 0.467. The number of nitrogens with one attached hydrogen (secondary N) is 2. The highest BCUT2D eigenvalue weighted by Gasteiger charge is 2.08. The Morgan fingerprint density at radius 3 is 2.40 bits per heavy atom. The molecule has 4 nitrogen and oxygen atoms in total. The minimum atomic E-state index is -0.00572. The van der Waals surface area contributed by atoms with E-state index in [4.69, 9.17) is 12.2 Å². The Morgan fingerprint density at radius 2 is 1.90 bits per heavy atom. The number of amides is 1. The summed E-state index contributed by atoms with van der Waals surface area (Å²) in [5.41, 5.74) is 1.54. The zero-order chi connectivity index (χ0) is 15.1. The van der Waals surface area contributed by atoms with Crippen LogP contribution >= 0.6 is 12.2 Å². The molecule has 5 heteroatoms. The van der Waals surface area contributed by atoms with Crippen molar-refractivity contribution < 1.29 is 4.79 Å². The lowest BCUT2D eigenvalue weighted by molar-refractivity contribution is 0.0827. The average molecular weight is 293 g/mol. The van der Waals surface area contributed by atoms with Crippen LogP contribution in [-0.2, 0) is 0 Å². The van der Waals surface area contributed by atoms with E-state index in [1.807, 2.05) is 12.1 Å². The van der Waals surface area contributed by atoms with Crippen molar-refractivity contribution in [1.29, 1.82) is 0 Å². The summed E-state index contributed by atoms with van der Waals surface area (Å²) in [4.78, 5) is 13.3. The fourth-order valence-corrected chi connectivity index (χ4v) is 2.17. The van der Waals surface area contributed by atoms with Crippen molar-refractivity contribution in [3.63, 3.8) is 0 Å². The second-order valence-corrected chi connectivity index (χ2v) is 5.47. The van der Waals surface area contributed by atoms with Gasteiger partial charge >= 0.3 is 0 Å². The molecule has 0 fully saturated rings. The number of nitrogens with zero attached hydrogens (tertiary/aromatic N) is 1. The molecule has 0 aromatic heterocycles. The molecule has 110 valence electrons. The van der Waals surface area contributed by atoms with Gasteiger partial charge in [0.1, 0.15) is 0 Å². The van der Waals surface area contributed by atoms with E-state index in [-0.39, 0.29) is 5.91 Å². The zero-order valence-corrected chi connectivity index (χ0v) is 13.4. The number of thiocarbonyl (C=S) groups is 1. The summed E-state index contributed by atoms with van der Waals surface area (Å²) in [6, 6.07) is 7.66. The van der Waals surface area contributed by atoms with E-state index < -0.39 is 0 Å². The molecule has 0 unspecified atom stereocenters. The first kappa shape index (κ1) is 16.4. The number of benzene rings is 1. The molecule has 0 heterocycles. The second kappa shape index (κ2) is 7.85. The standard InChI is InChI=1S/C15H23N3OS/c1-5-6-11(2)16-15(20)17-13-9-7-12(8-10-13)14(19)18(3)4/h7-11H,5-6H2,1-4H3,(H2,16,17,20)/t11-/m0/s1. The summed E-state index contributed by atoms with van der Waals surface area (Å²) in [5.74, 6) is -0.00572. The SMILES string of the molecule is CCC[C@H](C)NC(=S)Nc1ccc(C(=O)N(C)C)cc1.